The Kier molecular flexibility index (Phi) is 11.4. The molecule has 1 aromatic carbocycles. The molecular weight excluding hydrogens is 416 g/mol. The Morgan fingerprint density at radius 2 is 1.94 bits per heavy atom. The maximum Gasteiger partial charge on any atom is 0.346 e. The molecule has 2 atom stereocenters. The van der Waals surface area contributed by atoms with Crippen molar-refractivity contribution in [3.05, 3.63) is 29.8 Å². The minimum absolute atomic E-state index is 0.112. The zero-order valence-electron chi connectivity index (χ0n) is 19.6. The Bertz CT molecular complexity index is 713. The minimum atomic E-state index is -0.773. The van der Waals surface area contributed by atoms with E-state index in [1.54, 1.807) is 31.8 Å². The van der Waals surface area contributed by atoms with Gasteiger partial charge in [0.15, 0.2) is 6.10 Å². The number of aliphatic hydroxyl groups excluding tert-OH is 1. The first kappa shape index (κ1) is 27.3. The summed E-state index contributed by atoms with van der Waals surface area (Å²) in [5, 5.41) is 9.00. The summed E-state index contributed by atoms with van der Waals surface area (Å²) < 4.78 is 10.4. The normalized spacial score (nSPS) is 14.4. The van der Waals surface area contributed by atoms with Crippen molar-refractivity contribution in [2.24, 2.45) is 5.41 Å². The van der Waals surface area contributed by atoms with E-state index in [1.807, 2.05) is 25.1 Å². The lowest BCUT2D eigenvalue weighted by Crippen LogP contribution is -2.47. The molecule has 31 heavy (non-hydrogen) atoms. The number of carbonyl (C=O) groups excluding carboxylic acids is 2. The lowest BCUT2D eigenvalue weighted by molar-refractivity contribution is -0.147. The van der Waals surface area contributed by atoms with Crippen molar-refractivity contribution in [1.82, 2.24) is 10.9 Å². The van der Waals surface area contributed by atoms with E-state index in [0.29, 0.717) is 12.2 Å². The highest BCUT2D eigenvalue weighted by Crippen LogP contribution is 2.35. The van der Waals surface area contributed by atoms with Crippen molar-refractivity contribution in [3.63, 3.8) is 0 Å². The van der Waals surface area contributed by atoms with Crippen LogP contribution in [0.25, 0.3) is 0 Å². The number of hydrazine groups is 1. The van der Waals surface area contributed by atoms with E-state index in [2.05, 4.69) is 24.7 Å². The van der Waals surface area contributed by atoms with Gasteiger partial charge in [-0.1, -0.05) is 32.4 Å². The van der Waals surface area contributed by atoms with Crippen molar-refractivity contribution in [3.8, 4) is 5.75 Å². The second-order valence-electron chi connectivity index (χ2n) is 8.64. The molecule has 1 aromatic rings. The van der Waals surface area contributed by atoms with Gasteiger partial charge < -0.3 is 14.6 Å². The van der Waals surface area contributed by atoms with Gasteiger partial charge in [0.05, 0.1) is 19.1 Å². The Hall–Kier alpha value is -1.77. The number of methoxy groups -OCH3 is 1. The third kappa shape index (κ3) is 8.71. The van der Waals surface area contributed by atoms with Crippen LogP contribution in [0.5, 0.6) is 5.75 Å². The summed E-state index contributed by atoms with van der Waals surface area (Å²) in [5.74, 6) is 1.63. The summed E-state index contributed by atoms with van der Waals surface area (Å²) in [4.78, 5) is 24.7. The number of rotatable bonds is 14. The van der Waals surface area contributed by atoms with Crippen molar-refractivity contribution < 1.29 is 24.2 Å². The van der Waals surface area contributed by atoms with Gasteiger partial charge in [-0.2, -0.15) is 11.8 Å². The average Bonchev–Trinajstić information content (AvgIpc) is 2.73. The van der Waals surface area contributed by atoms with Crippen molar-refractivity contribution >= 4 is 23.6 Å². The van der Waals surface area contributed by atoms with E-state index in [9.17, 15) is 9.59 Å². The molecule has 0 bridgehead atoms. The number of esters is 1. The first-order valence-corrected chi connectivity index (χ1v) is 11.8. The van der Waals surface area contributed by atoms with Crippen LogP contribution >= 0.6 is 11.8 Å². The number of thioether (sulfide) groups is 1. The molecule has 2 unspecified atom stereocenters. The second-order valence-corrected chi connectivity index (χ2v) is 9.75. The van der Waals surface area contributed by atoms with Gasteiger partial charge in [-0.15, -0.1) is 0 Å². The van der Waals surface area contributed by atoms with E-state index in [-0.39, 0.29) is 17.9 Å². The van der Waals surface area contributed by atoms with Gasteiger partial charge in [-0.05, 0) is 55.6 Å². The molecule has 0 aliphatic heterocycles. The second kappa shape index (κ2) is 12.9. The van der Waals surface area contributed by atoms with E-state index in [0.717, 1.165) is 29.9 Å². The van der Waals surface area contributed by atoms with E-state index in [1.165, 1.54) is 7.11 Å². The standard InChI is InChI=1S/C23H38N2O5S/c1-17(20(27)29-6)30-19-10-7-9-18(15-19)23(4,21(28)25-24-5)12-8-11-22(2,3)16-31-14-13-26/h7,9-10,15,17,24,26H,8,11-14,16H2,1-6H3,(H,25,28). The van der Waals surface area contributed by atoms with E-state index >= 15 is 0 Å². The summed E-state index contributed by atoms with van der Waals surface area (Å²) >= 11 is 1.75. The van der Waals surface area contributed by atoms with E-state index in [4.69, 9.17) is 14.6 Å². The Morgan fingerprint density at radius 1 is 1.23 bits per heavy atom. The quantitative estimate of drug-likeness (QED) is 0.226. The topological polar surface area (TPSA) is 96.9 Å². The van der Waals surface area contributed by atoms with Gasteiger partial charge in [0.2, 0.25) is 5.91 Å². The number of aliphatic hydroxyl groups is 1. The summed E-state index contributed by atoms with van der Waals surface area (Å²) in [6.07, 6.45) is 1.74. The molecule has 0 aliphatic carbocycles. The number of amides is 1. The highest BCUT2D eigenvalue weighted by atomic mass is 32.2. The highest BCUT2D eigenvalue weighted by molar-refractivity contribution is 7.99. The highest BCUT2D eigenvalue weighted by Gasteiger charge is 2.35. The molecule has 0 aliphatic rings. The van der Waals surface area contributed by atoms with Crippen LogP contribution in [0.4, 0.5) is 0 Å². The number of hydrogen-bond acceptors (Lipinski definition) is 7. The van der Waals surface area contributed by atoms with Crippen molar-refractivity contribution in [2.75, 3.05) is 32.3 Å². The molecule has 8 heteroatoms. The fraction of sp³-hybridized carbons (Fsp3) is 0.652. The molecule has 3 N–H and O–H groups in total. The zero-order chi connectivity index (χ0) is 23.5. The monoisotopic (exact) mass is 454 g/mol. The van der Waals surface area contributed by atoms with Crippen LogP contribution < -0.4 is 15.6 Å². The van der Waals surface area contributed by atoms with Crippen LogP contribution in [0.3, 0.4) is 0 Å². The molecule has 176 valence electrons. The third-order valence-corrected chi connectivity index (χ3v) is 6.77. The maximum absolute atomic E-state index is 13.0. The molecule has 0 aromatic heterocycles. The van der Waals surface area contributed by atoms with Crippen LogP contribution in [0.1, 0.15) is 52.5 Å². The first-order valence-electron chi connectivity index (χ1n) is 10.6. The largest absolute Gasteiger partial charge is 0.479 e. The van der Waals surface area contributed by atoms with Gasteiger partial charge in [0, 0.05) is 12.8 Å². The molecule has 1 rings (SSSR count). The zero-order valence-corrected chi connectivity index (χ0v) is 20.4. The van der Waals surface area contributed by atoms with Crippen molar-refractivity contribution in [2.45, 2.75) is 58.5 Å². The predicted octanol–water partition coefficient (Wildman–Crippen LogP) is 3.06. The molecule has 0 radical (unpaired) electrons. The summed E-state index contributed by atoms with van der Waals surface area (Å²) in [6.45, 7) is 8.17. The molecule has 0 spiro atoms. The SMILES string of the molecule is CNNC(=O)C(C)(CCCC(C)(C)CSCCO)c1cccc(OC(C)C(=O)OC)c1. The molecule has 7 nitrogen and oxygen atoms in total. The Morgan fingerprint density at radius 3 is 2.55 bits per heavy atom. The van der Waals surface area contributed by atoms with Crippen molar-refractivity contribution in [1.29, 1.82) is 0 Å². The van der Waals surface area contributed by atoms with Crippen LogP contribution in [0.15, 0.2) is 24.3 Å². The van der Waals surface area contributed by atoms with Crippen LogP contribution in [-0.2, 0) is 19.7 Å². The van der Waals surface area contributed by atoms with Gasteiger partial charge in [-0.3, -0.25) is 10.2 Å². The first-order chi connectivity index (χ1) is 14.6. The fourth-order valence-electron chi connectivity index (χ4n) is 3.38. The lowest BCUT2D eigenvalue weighted by atomic mass is 9.75. The summed E-state index contributed by atoms with van der Waals surface area (Å²) in [6, 6.07) is 7.32. The van der Waals surface area contributed by atoms with Gasteiger partial charge in [-0.25, -0.2) is 10.2 Å². The molecule has 0 fully saturated rings. The number of carbonyl (C=O) groups is 2. The number of benzene rings is 1. The maximum atomic E-state index is 13.0. The number of nitrogens with one attached hydrogen (secondary N) is 2. The van der Waals surface area contributed by atoms with Crippen LogP contribution in [0, 0.1) is 5.41 Å². The number of hydrogen-bond donors (Lipinski definition) is 3. The number of ether oxygens (including phenoxy) is 2. The van der Waals surface area contributed by atoms with Gasteiger partial charge in [0.25, 0.3) is 0 Å². The fourth-order valence-corrected chi connectivity index (χ4v) is 4.35. The summed E-state index contributed by atoms with van der Waals surface area (Å²) in [5.41, 5.74) is 5.62. The minimum Gasteiger partial charge on any atom is -0.479 e. The Balaban J connectivity index is 2.98. The van der Waals surface area contributed by atoms with Crippen LogP contribution in [0.2, 0.25) is 0 Å². The molecule has 1 amide bonds. The van der Waals surface area contributed by atoms with E-state index < -0.39 is 17.5 Å². The van der Waals surface area contributed by atoms with Crippen LogP contribution in [-0.4, -0.2) is 55.4 Å². The smallest absolute Gasteiger partial charge is 0.346 e. The van der Waals surface area contributed by atoms with Gasteiger partial charge >= 0.3 is 5.97 Å². The lowest BCUT2D eigenvalue weighted by Gasteiger charge is -2.31. The molecule has 0 heterocycles. The predicted molar refractivity (Wildman–Crippen MR) is 125 cm³/mol. The molecule has 0 saturated heterocycles. The average molecular weight is 455 g/mol. The Labute approximate surface area is 190 Å². The third-order valence-electron chi connectivity index (χ3n) is 5.32. The molecule has 0 saturated carbocycles. The molecular formula is C23H38N2O5S. The van der Waals surface area contributed by atoms with Gasteiger partial charge in [0.1, 0.15) is 5.75 Å². The summed E-state index contributed by atoms with van der Waals surface area (Å²) in [7, 11) is 2.99.